The van der Waals surface area contributed by atoms with Crippen LogP contribution in [0.2, 0.25) is 0 Å². The predicted octanol–water partition coefficient (Wildman–Crippen LogP) is 2.03. The molecule has 0 radical (unpaired) electrons. The van der Waals surface area contributed by atoms with E-state index in [1.807, 2.05) is 0 Å². The number of alkyl halides is 1. The molecule has 0 heterocycles. The molecule has 0 fully saturated rings. The van der Waals surface area contributed by atoms with Crippen LogP contribution in [0.25, 0.3) is 0 Å². The first-order valence-electron chi connectivity index (χ1n) is 7.30. The highest BCUT2D eigenvalue weighted by atomic mass is 32.2. The van der Waals surface area contributed by atoms with Gasteiger partial charge >= 0.3 is 0 Å². The van der Waals surface area contributed by atoms with Crippen molar-refractivity contribution in [1.29, 1.82) is 0 Å². The van der Waals surface area contributed by atoms with E-state index in [1.165, 1.54) is 0 Å². The van der Waals surface area contributed by atoms with Gasteiger partial charge < -0.3 is 5.32 Å². The van der Waals surface area contributed by atoms with Gasteiger partial charge in [0.2, 0.25) is 15.9 Å². The van der Waals surface area contributed by atoms with Gasteiger partial charge in [-0.1, -0.05) is 0 Å². The molecule has 0 bridgehead atoms. The van der Waals surface area contributed by atoms with Crippen LogP contribution in [0, 0.1) is 0 Å². The van der Waals surface area contributed by atoms with Crippen LogP contribution in [-0.4, -0.2) is 38.3 Å². The first kappa shape index (κ1) is 19.7. The number of sulfonamides is 1. The summed E-state index contributed by atoms with van der Waals surface area (Å²) in [6.45, 7) is 3.28. The van der Waals surface area contributed by atoms with E-state index in [0.717, 1.165) is 0 Å². The monoisotopic (exact) mass is 354 g/mol. The minimum Gasteiger partial charge on any atom is -0.344 e. The average Bonchev–Trinajstić information content (AvgIpc) is 2.42. The Kier molecular flexibility index (Phi) is 7.27. The quantitative estimate of drug-likeness (QED) is 0.655. The predicted molar refractivity (Wildman–Crippen MR) is 81.1 cm³/mol. The molecule has 0 aromatic rings. The number of unbranched alkanes of at least 4 members (excludes halogenated alkanes) is 1. The normalized spacial score (nSPS) is 21.8. The van der Waals surface area contributed by atoms with Gasteiger partial charge in [0.25, 0.3) is 0 Å². The molecule has 1 amide bonds. The Labute approximate surface area is 134 Å². The maximum absolute atomic E-state index is 13.5. The first-order valence-corrected chi connectivity index (χ1v) is 8.84. The van der Waals surface area contributed by atoms with E-state index in [4.69, 9.17) is 0 Å². The van der Waals surface area contributed by atoms with E-state index < -0.39 is 45.0 Å². The number of hydrogen-bond donors (Lipinski definition) is 2. The van der Waals surface area contributed by atoms with Crippen molar-refractivity contribution in [2.75, 3.05) is 6.54 Å². The fraction of sp³-hybridized carbons (Fsp3) is 0.643. The third-order valence-electron chi connectivity index (χ3n) is 3.28. The molecule has 23 heavy (non-hydrogen) atoms. The number of halogens is 3. The van der Waals surface area contributed by atoms with Gasteiger partial charge in [-0.25, -0.2) is 26.3 Å². The van der Waals surface area contributed by atoms with Gasteiger partial charge in [-0.2, -0.15) is 0 Å². The van der Waals surface area contributed by atoms with Crippen LogP contribution in [0.1, 0.15) is 33.1 Å². The third-order valence-corrected chi connectivity index (χ3v) is 5.13. The van der Waals surface area contributed by atoms with Gasteiger partial charge in [0, 0.05) is 19.0 Å². The smallest absolute Gasteiger partial charge is 0.220 e. The van der Waals surface area contributed by atoms with Gasteiger partial charge in [0.15, 0.2) is 0 Å². The Morgan fingerprint density at radius 3 is 2.52 bits per heavy atom. The molecule has 0 saturated heterocycles. The Hall–Kier alpha value is -1.35. The van der Waals surface area contributed by atoms with Crippen LogP contribution in [0.15, 0.2) is 23.8 Å². The molecule has 132 valence electrons. The molecule has 1 aliphatic carbocycles. The summed E-state index contributed by atoms with van der Waals surface area (Å²) in [7, 11) is -3.34. The highest BCUT2D eigenvalue weighted by Gasteiger charge is 2.29. The molecule has 1 rings (SSSR count). The molecule has 1 unspecified atom stereocenters. The van der Waals surface area contributed by atoms with E-state index in [1.54, 1.807) is 13.8 Å². The van der Waals surface area contributed by atoms with Crippen molar-refractivity contribution >= 4 is 15.9 Å². The van der Waals surface area contributed by atoms with Crippen molar-refractivity contribution in [2.24, 2.45) is 0 Å². The van der Waals surface area contributed by atoms with Crippen LogP contribution >= 0.6 is 0 Å². The molecule has 5 nitrogen and oxygen atoms in total. The first-order chi connectivity index (χ1) is 10.6. The molecule has 2 N–H and O–H groups in total. The minimum absolute atomic E-state index is 0.00783. The molecule has 0 aromatic carbocycles. The van der Waals surface area contributed by atoms with E-state index in [9.17, 15) is 26.4 Å². The second-order valence-electron chi connectivity index (χ2n) is 5.52. The van der Waals surface area contributed by atoms with Crippen LogP contribution in [0.3, 0.4) is 0 Å². The van der Waals surface area contributed by atoms with E-state index in [-0.39, 0.29) is 13.0 Å². The number of carbonyl (C=O) groups is 1. The lowest BCUT2D eigenvalue weighted by molar-refractivity contribution is -0.122. The van der Waals surface area contributed by atoms with Crippen LogP contribution < -0.4 is 10.0 Å². The summed E-state index contributed by atoms with van der Waals surface area (Å²) >= 11 is 0. The van der Waals surface area contributed by atoms with Gasteiger partial charge in [0.1, 0.15) is 23.9 Å². The number of carbonyl (C=O) groups excluding carboxylic acids is 1. The highest BCUT2D eigenvalue weighted by Crippen LogP contribution is 2.22. The Balaban J connectivity index is 2.30. The fourth-order valence-electron chi connectivity index (χ4n) is 1.86. The maximum Gasteiger partial charge on any atom is 0.220 e. The van der Waals surface area contributed by atoms with Gasteiger partial charge in [-0.3, -0.25) is 4.79 Å². The number of nitrogens with one attached hydrogen (secondary N) is 2. The van der Waals surface area contributed by atoms with E-state index >= 15 is 0 Å². The van der Waals surface area contributed by atoms with Gasteiger partial charge in [-0.15, -0.1) is 0 Å². The zero-order valence-electron chi connectivity index (χ0n) is 13.0. The molecule has 2 atom stereocenters. The molecule has 0 aromatic heterocycles. The molecule has 0 spiro atoms. The van der Waals surface area contributed by atoms with Crippen LogP contribution in [0.5, 0.6) is 0 Å². The zero-order valence-corrected chi connectivity index (χ0v) is 13.8. The molecule has 9 heteroatoms. The Bertz CT molecular complexity index is 588. The summed E-state index contributed by atoms with van der Waals surface area (Å²) in [4.78, 5) is 11.6. The van der Waals surface area contributed by atoms with Crippen LogP contribution in [0.4, 0.5) is 13.2 Å². The largest absolute Gasteiger partial charge is 0.344 e. The summed E-state index contributed by atoms with van der Waals surface area (Å²) in [5.41, 5.74) is 0. The van der Waals surface area contributed by atoms with Crippen molar-refractivity contribution < 1.29 is 26.4 Å². The van der Waals surface area contributed by atoms with E-state index in [0.29, 0.717) is 25.0 Å². The number of hydrogen-bond acceptors (Lipinski definition) is 3. The lowest BCUT2D eigenvalue weighted by Gasteiger charge is -2.21. The van der Waals surface area contributed by atoms with Crippen molar-refractivity contribution in [3.05, 3.63) is 23.8 Å². The number of allylic oxidation sites excluding steroid dienone is 2. The van der Waals surface area contributed by atoms with Gasteiger partial charge in [-0.05, 0) is 32.8 Å². The summed E-state index contributed by atoms with van der Waals surface area (Å²) in [5.74, 6) is -2.67. The van der Waals surface area contributed by atoms with Crippen molar-refractivity contribution in [3.8, 4) is 0 Å². The topological polar surface area (TPSA) is 75.3 Å². The second-order valence-corrected chi connectivity index (χ2v) is 7.84. The summed E-state index contributed by atoms with van der Waals surface area (Å²) in [5, 5.41) is 1.62. The van der Waals surface area contributed by atoms with Crippen molar-refractivity contribution in [1.82, 2.24) is 10.0 Å². The second kappa shape index (κ2) is 8.49. The molecule has 0 saturated carbocycles. The Morgan fingerprint density at radius 2 is 1.96 bits per heavy atom. The summed E-state index contributed by atoms with van der Waals surface area (Å²) in [6, 6.07) is -1.51. The number of rotatable bonds is 8. The summed E-state index contributed by atoms with van der Waals surface area (Å²) in [6.07, 6.45) is -0.0776. The standard InChI is InChI=1S/C14H21F3N2O3S/c1-9(2)23(21,22)18-6-4-3-5-13(20)19-14-11(16)7-10(15)8-12(14)17/h7-9,11,14,18H,3-6H2,1-2H3,(H,19,20)/t11?,14-/m1/s1. The highest BCUT2D eigenvalue weighted by molar-refractivity contribution is 7.90. The third kappa shape index (κ3) is 6.34. The molecular weight excluding hydrogens is 333 g/mol. The van der Waals surface area contributed by atoms with E-state index in [2.05, 4.69) is 10.0 Å². The van der Waals surface area contributed by atoms with Crippen molar-refractivity contribution in [2.45, 2.75) is 50.6 Å². The molecular formula is C14H21F3N2O3S. The maximum atomic E-state index is 13.5. The summed E-state index contributed by atoms with van der Waals surface area (Å²) < 4.78 is 65.0. The van der Waals surface area contributed by atoms with Crippen LogP contribution in [-0.2, 0) is 14.8 Å². The van der Waals surface area contributed by atoms with Crippen molar-refractivity contribution in [3.63, 3.8) is 0 Å². The number of amides is 1. The zero-order chi connectivity index (χ0) is 17.6. The molecule has 1 aliphatic rings. The molecule has 0 aliphatic heterocycles. The van der Waals surface area contributed by atoms with Gasteiger partial charge in [0.05, 0.1) is 5.25 Å². The lowest BCUT2D eigenvalue weighted by Crippen LogP contribution is -2.42. The Morgan fingerprint density at radius 1 is 1.30 bits per heavy atom. The fourth-order valence-corrected chi connectivity index (χ4v) is 2.62. The average molecular weight is 354 g/mol. The lowest BCUT2D eigenvalue weighted by atomic mass is 10.0. The SMILES string of the molecule is CC(C)S(=O)(=O)NCCCCC(=O)N[C@H]1C(F)=CC(F)=CC1F. The minimum atomic E-state index is -3.34.